The maximum absolute atomic E-state index is 12.3. The van der Waals surface area contributed by atoms with Gasteiger partial charge in [0.1, 0.15) is 0 Å². The standard InChI is InChI=1S/C18H20N4O2S/c1-4-21-12-19-16(15(21)17(23)24-5-2)20-18-22(13(3)11-25-18)14-9-7-6-8-10-14/h6-12H,4-5H2,1-3H3. The van der Waals surface area contributed by atoms with Crippen molar-refractivity contribution < 1.29 is 9.53 Å². The Bertz CT molecular complexity index is 938. The zero-order valence-corrected chi connectivity index (χ0v) is 15.3. The summed E-state index contributed by atoms with van der Waals surface area (Å²) >= 11 is 1.51. The summed E-state index contributed by atoms with van der Waals surface area (Å²) < 4.78 is 8.96. The first kappa shape index (κ1) is 17.2. The molecule has 6 nitrogen and oxygen atoms in total. The van der Waals surface area contributed by atoms with Gasteiger partial charge in [0.05, 0.1) is 12.9 Å². The number of imidazole rings is 1. The Morgan fingerprint density at radius 1 is 1.28 bits per heavy atom. The van der Waals surface area contributed by atoms with E-state index in [0.717, 1.165) is 16.2 Å². The van der Waals surface area contributed by atoms with Crippen molar-refractivity contribution in [2.75, 3.05) is 6.61 Å². The number of carbonyl (C=O) groups excluding carboxylic acids is 1. The maximum atomic E-state index is 12.3. The van der Waals surface area contributed by atoms with E-state index >= 15 is 0 Å². The zero-order valence-electron chi connectivity index (χ0n) is 14.5. The first-order valence-electron chi connectivity index (χ1n) is 8.15. The van der Waals surface area contributed by atoms with Crippen LogP contribution >= 0.6 is 11.3 Å². The lowest BCUT2D eigenvalue weighted by Gasteiger charge is -2.06. The number of ether oxygens (including phenoxy) is 1. The number of hydrogen-bond donors (Lipinski definition) is 0. The van der Waals surface area contributed by atoms with Crippen LogP contribution in [0, 0.1) is 6.92 Å². The lowest BCUT2D eigenvalue weighted by atomic mass is 10.3. The second-order valence-electron chi connectivity index (χ2n) is 5.37. The first-order valence-corrected chi connectivity index (χ1v) is 9.03. The molecule has 3 rings (SSSR count). The molecule has 2 aromatic heterocycles. The molecule has 0 aliphatic carbocycles. The fourth-order valence-corrected chi connectivity index (χ4v) is 3.43. The van der Waals surface area contributed by atoms with Crippen LogP contribution in [0.5, 0.6) is 0 Å². The van der Waals surface area contributed by atoms with Crippen LogP contribution in [0.2, 0.25) is 0 Å². The van der Waals surface area contributed by atoms with E-state index in [1.807, 2.05) is 54.1 Å². The zero-order chi connectivity index (χ0) is 17.8. The van der Waals surface area contributed by atoms with Crippen molar-refractivity contribution in [1.82, 2.24) is 14.1 Å². The van der Waals surface area contributed by atoms with Gasteiger partial charge >= 0.3 is 5.97 Å². The largest absolute Gasteiger partial charge is 0.461 e. The highest BCUT2D eigenvalue weighted by molar-refractivity contribution is 7.07. The Balaban J connectivity index is 2.15. The normalized spacial score (nSPS) is 11.7. The topological polar surface area (TPSA) is 61.4 Å². The molecule has 0 amide bonds. The molecule has 0 spiro atoms. The highest BCUT2D eigenvalue weighted by Gasteiger charge is 2.19. The van der Waals surface area contributed by atoms with Crippen LogP contribution in [0.1, 0.15) is 30.0 Å². The van der Waals surface area contributed by atoms with Crippen molar-refractivity contribution >= 4 is 23.1 Å². The smallest absolute Gasteiger partial charge is 0.358 e. The number of hydrogen-bond acceptors (Lipinski definition) is 5. The van der Waals surface area contributed by atoms with Gasteiger partial charge in [-0.2, -0.15) is 4.99 Å². The third-order valence-corrected chi connectivity index (χ3v) is 4.67. The number of benzene rings is 1. The molecule has 0 atom stereocenters. The van der Waals surface area contributed by atoms with Crippen LogP contribution in [-0.4, -0.2) is 26.7 Å². The maximum Gasteiger partial charge on any atom is 0.358 e. The predicted octanol–water partition coefficient (Wildman–Crippen LogP) is 3.47. The van der Waals surface area contributed by atoms with E-state index in [-0.39, 0.29) is 0 Å². The van der Waals surface area contributed by atoms with Gasteiger partial charge in [0.2, 0.25) is 0 Å². The second kappa shape index (κ2) is 7.48. The Morgan fingerprint density at radius 3 is 2.72 bits per heavy atom. The number of rotatable bonds is 5. The van der Waals surface area contributed by atoms with Crippen molar-refractivity contribution in [2.24, 2.45) is 4.99 Å². The van der Waals surface area contributed by atoms with Crippen LogP contribution in [-0.2, 0) is 11.3 Å². The molecule has 0 aliphatic heterocycles. The Kier molecular flexibility index (Phi) is 5.14. The molecule has 0 fully saturated rings. The highest BCUT2D eigenvalue weighted by atomic mass is 32.1. The number of aromatic nitrogens is 3. The van der Waals surface area contributed by atoms with Crippen LogP contribution in [0.4, 0.5) is 5.82 Å². The lowest BCUT2D eigenvalue weighted by Crippen LogP contribution is -2.15. The van der Waals surface area contributed by atoms with Gasteiger partial charge in [-0.3, -0.25) is 4.57 Å². The van der Waals surface area contributed by atoms with Crippen LogP contribution in [0.25, 0.3) is 5.69 Å². The number of para-hydroxylation sites is 1. The van der Waals surface area contributed by atoms with Gasteiger partial charge in [-0.15, -0.1) is 11.3 Å². The lowest BCUT2D eigenvalue weighted by molar-refractivity contribution is 0.0515. The second-order valence-corrected chi connectivity index (χ2v) is 6.20. The van der Waals surface area contributed by atoms with Gasteiger partial charge in [-0.05, 0) is 32.9 Å². The number of esters is 1. The van der Waals surface area contributed by atoms with E-state index in [1.54, 1.807) is 17.8 Å². The van der Waals surface area contributed by atoms with E-state index in [9.17, 15) is 4.79 Å². The summed E-state index contributed by atoms with van der Waals surface area (Å²) in [6.07, 6.45) is 1.62. The third-order valence-electron chi connectivity index (χ3n) is 3.72. The SMILES string of the molecule is CCOC(=O)c1c(N=c2scc(C)n2-c2ccccc2)ncn1CC. The number of aryl methyl sites for hydroxylation is 2. The molecule has 3 aromatic rings. The Morgan fingerprint density at radius 2 is 2.04 bits per heavy atom. The molecule has 0 N–H and O–H groups in total. The van der Waals surface area contributed by atoms with E-state index in [1.165, 1.54) is 11.3 Å². The molecule has 2 heterocycles. The van der Waals surface area contributed by atoms with E-state index < -0.39 is 5.97 Å². The summed E-state index contributed by atoms with van der Waals surface area (Å²) in [7, 11) is 0. The van der Waals surface area contributed by atoms with Gasteiger partial charge in [0.15, 0.2) is 16.3 Å². The Labute approximate surface area is 150 Å². The van der Waals surface area contributed by atoms with Crippen LogP contribution in [0.3, 0.4) is 0 Å². The van der Waals surface area contributed by atoms with Crippen molar-refractivity contribution in [3.05, 3.63) is 58.2 Å². The average Bonchev–Trinajstić information content (AvgIpc) is 3.19. The van der Waals surface area contributed by atoms with Crippen molar-refractivity contribution in [3.63, 3.8) is 0 Å². The predicted molar refractivity (Wildman–Crippen MR) is 97.5 cm³/mol. The number of nitrogens with zero attached hydrogens (tertiary/aromatic N) is 4. The van der Waals surface area contributed by atoms with E-state index in [0.29, 0.717) is 24.7 Å². The summed E-state index contributed by atoms with van der Waals surface area (Å²) in [6.45, 7) is 6.70. The van der Waals surface area contributed by atoms with Crippen LogP contribution in [0.15, 0.2) is 47.0 Å². The fourth-order valence-electron chi connectivity index (χ4n) is 2.55. The Hall–Kier alpha value is -2.67. The molecule has 0 radical (unpaired) electrons. The van der Waals surface area contributed by atoms with Crippen molar-refractivity contribution in [2.45, 2.75) is 27.3 Å². The minimum Gasteiger partial charge on any atom is -0.461 e. The molecule has 7 heteroatoms. The summed E-state index contributed by atoms with van der Waals surface area (Å²) in [5.74, 6) is -0.0213. The quantitative estimate of drug-likeness (QED) is 0.658. The third kappa shape index (κ3) is 3.41. The molecule has 1 aromatic carbocycles. The van der Waals surface area contributed by atoms with Gasteiger partial charge in [-0.1, -0.05) is 18.2 Å². The van der Waals surface area contributed by atoms with Gasteiger partial charge in [0, 0.05) is 23.3 Å². The van der Waals surface area contributed by atoms with E-state index in [2.05, 4.69) is 9.98 Å². The summed E-state index contributed by atoms with van der Waals surface area (Å²) in [6, 6.07) is 9.99. The minimum atomic E-state index is -0.403. The average molecular weight is 356 g/mol. The molecule has 0 saturated carbocycles. The van der Waals surface area contributed by atoms with E-state index in [4.69, 9.17) is 4.74 Å². The molecule has 0 aliphatic rings. The summed E-state index contributed by atoms with van der Waals surface area (Å²) in [5.41, 5.74) is 2.48. The molecular weight excluding hydrogens is 336 g/mol. The molecule has 130 valence electrons. The highest BCUT2D eigenvalue weighted by Crippen LogP contribution is 2.19. The molecule has 0 bridgehead atoms. The van der Waals surface area contributed by atoms with Gasteiger partial charge < -0.3 is 9.30 Å². The molecule has 0 saturated heterocycles. The summed E-state index contributed by atoms with van der Waals surface area (Å²) in [5, 5.41) is 2.03. The van der Waals surface area contributed by atoms with Crippen molar-refractivity contribution in [3.8, 4) is 5.69 Å². The molecule has 25 heavy (non-hydrogen) atoms. The minimum absolute atomic E-state index is 0.315. The molecular formula is C18H20N4O2S. The van der Waals surface area contributed by atoms with Gasteiger partial charge in [-0.25, -0.2) is 9.78 Å². The monoisotopic (exact) mass is 356 g/mol. The number of thiazole rings is 1. The fraction of sp³-hybridized carbons (Fsp3) is 0.278. The number of carbonyl (C=O) groups is 1. The van der Waals surface area contributed by atoms with Gasteiger partial charge in [0.25, 0.3) is 0 Å². The summed E-state index contributed by atoms with van der Waals surface area (Å²) in [4.78, 5) is 22.0. The molecule has 0 unspecified atom stereocenters. The van der Waals surface area contributed by atoms with Crippen molar-refractivity contribution in [1.29, 1.82) is 0 Å². The first-order chi connectivity index (χ1) is 12.2. The van der Waals surface area contributed by atoms with Crippen LogP contribution < -0.4 is 4.80 Å².